The molecule has 0 radical (unpaired) electrons. The van der Waals surface area contributed by atoms with Crippen molar-refractivity contribution in [3.63, 3.8) is 0 Å². The van der Waals surface area contributed by atoms with Gasteiger partial charge in [-0.25, -0.2) is 14.8 Å². The Hall–Kier alpha value is -2.16. The number of hydrogen-bond donors (Lipinski definition) is 0. The molecule has 0 aromatic carbocycles. The van der Waals surface area contributed by atoms with E-state index in [1.165, 1.54) is 11.6 Å². The minimum Gasteiger partial charge on any atom is -0.549 e. The van der Waals surface area contributed by atoms with Gasteiger partial charge in [-0.05, 0) is 12.8 Å². The molecule has 27 heavy (non-hydrogen) atoms. The van der Waals surface area contributed by atoms with E-state index < -0.39 is 22.5 Å². The molecular weight excluding hydrogens is 368 g/mol. The van der Waals surface area contributed by atoms with Crippen LogP contribution in [0, 0.1) is 0 Å². The maximum atomic E-state index is 12.7. The first kappa shape index (κ1) is 21.1. The lowest BCUT2D eigenvalue weighted by Crippen LogP contribution is -2.38. The lowest BCUT2D eigenvalue weighted by molar-refractivity contribution is -0.304. The van der Waals surface area contributed by atoms with Crippen LogP contribution in [0.2, 0.25) is 0 Å². The first-order chi connectivity index (χ1) is 12.8. The molecule has 2 aromatic rings. The molecule has 0 saturated heterocycles. The van der Waals surface area contributed by atoms with Gasteiger partial charge in [0.2, 0.25) is 0 Å². The standard InChI is InChI=1S/C18H26N4O4S/c1-5-7-9-11(17(24)25)27-15-13-14(19-12(20-15)10-8-6-2)21(3)18(26)22(4)16(13)23/h11H,5-10H2,1-4H3,(H,24,25)/p-1/t11-/m1/s1. The topological polar surface area (TPSA) is 110 Å². The van der Waals surface area contributed by atoms with Gasteiger partial charge in [-0.15, -0.1) is 0 Å². The molecule has 0 saturated carbocycles. The molecule has 0 unspecified atom stereocenters. The van der Waals surface area contributed by atoms with Gasteiger partial charge in [0.15, 0.2) is 5.65 Å². The van der Waals surface area contributed by atoms with Crippen molar-refractivity contribution in [1.82, 2.24) is 19.1 Å². The molecule has 0 bridgehead atoms. The van der Waals surface area contributed by atoms with Crippen LogP contribution >= 0.6 is 11.8 Å². The number of carboxylic acids is 1. The first-order valence-electron chi connectivity index (χ1n) is 9.15. The molecule has 0 amide bonds. The highest BCUT2D eigenvalue weighted by atomic mass is 32.2. The Labute approximate surface area is 161 Å². The third kappa shape index (κ3) is 4.58. The summed E-state index contributed by atoms with van der Waals surface area (Å²) < 4.78 is 2.29. The Bertz CT molecular complexity index is 951. The fourth-order valence-electron chi connectivity index (χ4n) is 2.75. The zero-order chi connectivity index (χ0) is 20.1. The fourth-order valence-corrected chi connectivity index (χ4v) is 3.86. The van der Waals surface area contributed by atoms with Crippen LogP contribution in [-0.2, 0) is 25.3 Å². The number of carboxylic acid groups (broad SMARTS) is 1. The molecule has 2 heterocycles. The predicted octanol–water partition coefficient (Wildman–Crippen LogP) is 0.771. The van der Waals surface area contributed by atoms with Crippen molar-refractivity contribution in [2.75, 3.05) is 0 Å². The molecule has 0 spiro atoms. The van der Waals surface area contributed by atoms with E-state index >= 15 is 0 Å². The average Bonchev–Trinajstić information content (AvgIpc) is 2.65. The molecule has 0 N–H and O–H groups in total. The van der Waals surface area contributed by atoms with Gasteiger partial charge in [0.1, 0.15) is 16.2 Å². The quantitative estimate of drug-likeness (QED) is 0.457. The van der Waals surface area contributed by atoms with Crippen LogP contribution < -0.4 is 16.4 Å². The van der Waals surface area contributed by atoms with Crippen molar-refractivity contribution in [1.29, 1.82) is 0 Å². The number of rotatable bonds is 9. The number of carbonyl (C=O) groups excluding carboxylic acids is 1. The molecule has 0 aliphatic carbocycles. The van der Waals surface area contributed by atoms with Crippen LogP contribution in [0.3, 0.4) is 0 Å². The number of aromatic nitrogens is 4. The minimum atomic E-state index is -1.18. The van der Waals surface area contributed by atoms with Crippen LogP contribution in [0.5, 0.6) is 0 Å². The van der Waals surface area contributed by atoms with Crippen molar-refractivity contribution < 1.29 is 9.90 Å². The molecule has 1 atom stereocenters. The molecule has 9 heteroatoms. The highest BCUT2D eigenvalue weighted by molar-refractivity contribution is 8.00. The summed E-state index contributed by atoms with van der Waals surface area (Å²) in [5.74, 6) is -0.681. The van der Waals surface area contributed by atoms with E-state index in [0.717, 1.165) is 42.0 Å². The number of aryl methyl sites for hydroxylation is 2. The van der Waals surface area contributed by atoms with E-state index in [1.54, 1.807) is 7.05 Å². The molecule has 0 fully saturated rings. The van der Waals surface area contributed by atoms with Crippen LogP contribution in [0.15, 0.2) is 14.6 Å². The summed E-state index contributed by atoms with van der Waals surface area (Å²) in [6.45, 7) is 4.02. The molecule has 0 aliphatic heterocycles. The second-order valence-corrected chi connectivity index (χ2v) is 7.71. The highest BCUT2D eigenvalue weighted by Gasteiger charge is 2.21. The largest absolute Gasteiger partial charge is 0.549 e. The smallest absolute Gasteiger partial charge is 0.332 e. The van der Waals surface area contributed by atoms with Crippen molar-refractivity contribution in [3.8, 4) is 0 Å². The third-order valence-electron chi connectivity index (χ3n) is 4.40. The first-order valence-corrected chi connectivity index (χ1v) is 10.0. The molecule has 148 valence electrons. The number of fused-ring (bicyclic) bond motifs is 1. The van der Waals surface area contributed by atoms with Gasteiger partial charge in [0.05, 0.1) is 11.2 Å². The van der Waals surface area contributed by atoms with E-state index in [2.05, 4.69) is 9.97 Å². The zero-order valence-corrected chi connectivity index (χ0v) is 17.0. The van der Waals surface area contributed by atoms with Gasteiger partial charge in [-0.3, -0.25) is 13.9 Å². The van der Waals surface area contributed by atoms with Crippen LogP contribution in [0.25, 0.3) is 11.0 Å². The van der Waals surface area contributed by atoms with Gasteiger partial charge < -0.3 is 9.90 Å². The third-order valence-corrected chi connectivity index (χ3v) is 5.64. The summed E-state index contributed by atoms with van der Waals surface area (Å²) in [6.07, 6.45) is 4.39. The van der Waals surface area contributed by atoms with E-state index in [-0.39, 0.29) is 11.0 Å². The van der Waals surface area contributed by atoms with Crippen LogP contribution in [0.4, 0.5) is 0 Å². The van der Waals surface area contributed by atoms with E-state index in [4.69, 9.17) is 0 Å². The van der Waals surface area contributed by atoms with Crippen molar-refractivity contribution in [2.24, 2.45) is 14.1 Å². The predicted molar refractivity (Wildman–Crippen MR) is 103 cm³/mol. The Morgan fingerprint density at radius 3 is 2.37 bits per heavy atom. The summed E-state index contributed by atoms with van der Waals surface area (Å²) in [4.78, 5) is 45.4. The van der Waals surface area contributed by atoms with Crippen LogP contribution in [0.1, 0.15) is 51.8 Å². The Morgan fingerprint density at radius 1 is 1.11 bits per heavy atom. The lowest BCUT2D eigenvalue weighted by atomic mass is 10.2. The van der Waals surface area contributed by atoms with Gasteiger partial charge in [0, 0.05) is 20.5 Å². The van der Waals surface area contributed by atoms with Gasteiger partial charge in [-0.2, -0.15) is 0 Å². The van der Waals surface area contributed by atoms with Crippen molar-refractivity contribution >= 4 is 28.8 Å². The lowest BCUT2D eigenvalue weighted by Gasteiger charge is -2.18. The maximum absolute atomic E-state index is 12.7. The summed E-state index contributed by atoms with van der Waals surface area (Å²) in [5.41, 5.74) is -0.768. The number of hydrogen-bond acceptors (Lipinski definition) is 7. The Kier molecular flexibility index (Phi) is 7.18. The van der Waals surface area contributed by atoms with Crippen molar-refractivity contribution in [3.05, 3.63) is 26.7 Å². The summed E-state index contributed by atoms with van der Waals surface area (Å²) in [6, 6.07) is 0. The molecule has 2 rings (SSSR count). The van der Waals surface area contributed by atoms with E-state index in [0.29, 0.717) is 23.7 Å². The molecule has 0 aliphatic rings. The van der Waals surface area contributed by atoms with Gasteiger partial charge in [-0.1, -0.05) is 44.9 Å². The zero-order valence-electron chi connectivity index (χ0n) is 16.2. The second-order valence-electron chi connectivity index (χ2n) is 6.52. The second kappa shape index (κ2) is 9.16. The number of thioether (sulfide) groups is 1. The summed E-state index contributed by atoms with van der Waals surface area (Å²) >= 11 is 1.01. The molecule has 2 aromatic heterocycles. The molecular formula is C18H25N4O4S-. The SMILES string of the molecule is CCCCc1nc(S[C@H](CCCC)C(=O)[O-])c2c(=O)n(C)c(=O)n(C)c2n1. The fraction of sp³-hybridized carbons (Fsp3) is 0.611. The van der Waals surface area contributed by atoms with Gasteiger partial charge >= 0.3 is 5.69 Å². The maximum Gasteiger partial charge on any atom is 0.332 e. The minimum absolute atomic E-state index is 0.174. The molecule has 8 nitrogen and oxygen atoms in total. The van der Waals surface area contributed by atoms with E-state index in [1.807, 2.05) is 13.8 Å². The van der Waals surface area contributed by atoms with Gasteiger partial charge in [0.25, 0.3) is 5.56 Å². The van der Waals surface area contributed by atoms with E-state index in [9.17, 15) is 19.5 Å². The number of aliphatic carboxylic acids is 1. The highest BCUT2D eigenvalue weighted by Crippen LogP contribution is 2.29. The Balaban J connectivity index is 2.69. The number of unbranched alkanes of at least 4 members (excludes halogenated alkanes) is 2. The number of carbonyl (C=O) groups is 1. The summed E-state index contributed by atoms with van der Waals surface area (Å²) in [5, 5.41) is 11.2. The summed E-state index contributed by atoms with van der Waals surface area (Å²) in [7, 11) is 2.93. The average molecular weight is 393 g/mol. The van der Waals surface area contributed by atoms with Crippen molar-refractivity contribution in [2.45, 2.75) is 62.6 Å². The monoisotopic (exact) mass is 393 g/mol. The Morgan fingerprint density at radius 2 is 1.78 bits per heavy atom. The normalized spacial score (nSPS) is 12.4. The van der Waals surface area contributed by atoms with Crippen LogP contribution in [-0.4, -0.2) is 30.3 Å². The number of nitrogens with zero attached hydrogens (tertiary/aromatic N) is 4.